The molecule has 0 spiro atoms. The average molecular weight is 305 g/mol. The van der Waals surface area contributed by atoms with E-state index in [0.29, 0.717) is 5.75 Å². The monoisotopic (exact) mass is 305 g/mol. The molecule has 0 heterocycles. The summed E-state index contributed by atoms with van der Waals surface area (Å²) in [5.74, 6) is 0.526. The lowest BCUT2D eigenvalue weighted by atomic mass is 10.1. The molecule has 1 amide bonds. The van der Waals surface area contributed by atoms with Crippen LogP contribution in [0.4, 0.5) is 5.69 Å². The van der Waals surface area contributed by atoms with Crippen LogP contribution in [0.5, 0.6) is 5.75 Å². The second kappa shape index (κ2) is 6.53. The highest BCUT2D eigenvalue weighted by Gasteiger charge is 2.15. The number of anilines is 1. The van der Waals surface area contributed by atoms with Crippen molar-refractivity contribution in [3.8, 4) is 5.75 Å². The summed E-state index contributed by atoms with van der Waals surface area (Å²) in [6, 6.07) is 21.6. The summed E-state index contributed by atoms with van der Waals surface area (Å²) in [7, 11) is 0. The van der Waals surface area contributed by atoms with E-state index in [0.717, 1.165) is 22.0 Å². The molecular formula is C20H19NO2. The zero-order valence-corrected chi connectivity index (χ0v) is 13.2. The lowest BCUT2D eigenvalue weighted by Crippen LogP contribution is -2.30. The molecule has 0 radical (unpaired) electrons. The quantitative estimate of drug-likeness (QED) is 0.767. The van der Waals surface area contributed by atoms with Gasteiger partial charge in [-0.1, -0.05) is 48.0 Å². The summed E-state index contributed by atoms with van der Waals surface area (Å²) in [5.41, 5.74) is 1.93. The first kappa shape index (κ1) is 15.1. The Morgan fingerprint density at radius 1 is 0.957 bits per heavy atom. The number of amides is 1. The molecule has 1 atom stereocenters. The highest BCUT2D eigenvalue weighted by atomic mass is 16.5. The molecule has 0 saturated carbocycles. The Balaban J connectivity index is 1.68. The number of hydrogen-bond acceptors (Lipinski definition) is 2. The van der Waals surface area contributed by atoms with Gasteiger partial charge in [-0.2, -0.15) is 0 Å². The summed E-state index contributed by atoms with van der Waals surface area (Å²) >= 11 is 0. The minimum absolute atomic E-state index is 0.166. The first-order valence-electron chi connectivity index (χ1n) is 7.65. The van der Waals surface area contributed by atoms with Gasteiger partial charge in [0.15, 0.2) is 6.10 Å². The van der Waals surface area contributed by atoms with Crippen molar-refractivity contribution >= 4 is 22.4 Å². The standard InChI is InChI=1S/C20H19NO2/c1-14-7-11-19(12-8-14)23-15(2)20(22)21-18-10-9-16-5-3-4-6-17(16)13-18/h3-13,15H,1-2H3,(H,21,22)/t15-/m1/s1. The number of rotatable bonds is 4. The van der Waals surface area contributed by atoms with E-state index in [-0.39, 0.29) is 5.91 Å². The molecular weight excluding hydrogens is 286 g/mol. The fourth-order valence-corrected chi connectivity index (χ4v) is 2.39. The van der Waals surface area contributed by atoms with Crippen LogP contribution in [0.2, 0.25) is 0 Å². The molecule has 0 aliphatic heterocycles. The summed E-state index contributed by atoms with van der Waals surface area (Å²) < 4.78 is 5.68. The van der Waals surface area contributed by atoms with Gasteiger partial charge in [-0.05, 0) is 48.9 Å². The summed E-state index contributed by atoms with van der Waals surface area (Å²) in [5, 5.41) is 5.14. The number of carbonyl (C=O) groups is 1. The van der Waals surface area contributed by atoms with Crippen molar-refractivity contribution < 1.29 is 9.53 Å². The fourth-order valence-electron chi connectivity index (χ4n) is 2.39. The van der Waals surface area contributed by atoms with Gasteiger partial charge in [0.25, 0.3) is 5.91 Å². The van der Waals surface area contributed by atoms with Crippen LogP contribution < -0.4 is 10.1 Å². The van der Waals surface area contributed by atoms with Crippen LogP contribution in [0.1, 0.15) is 12.5 Å². The van der Waals surface area contributed by atoms with Crippen LogP contribution in [-0.2, 0) is 4.79 Å². The van der Waals surface area contributed by atoms with Crippen LogP contribution in [0.25, 0.3) is 10.8 Å². The molecule has 3 aromatic carbocycles. The van der Waals surface area contributed by atoms with Gasteiger partial charge < -0.3 is 10.1 Å². The zero-order chi connectivity index (χ0) is 16.2. The van der Waals surface area contributed by atoms with Crippen LogP contribution >= 0.6 is 0 Å². The molecule has 116 valence electrons. The smallest absolute Gasteiger partial charge is 0.265 e. The highest BCUT2D eigenvalue weighted by Crippen LogP contribution is 2.19. The van der Waals surface area contributed by atoms with Gasteiger partial charge in [0.1, 0.15) is 5.75 Å². The first-order valence-corrected chi connectivity index (χ1v) is 7.65. The largest absolute Gasteiger partial charge is 0.481 e. The molecule has 0 unspecified atom stereocenters. The third kappa shape index (κ3) is 3.69. The number of aryl methyl sites for hydroxylation is 1. The third-order valence-electron chi connectivity index (χ3n) is 3.72. The topological polar surface area (TPSA) is 38.3 Å². The summed E-state index contributed by atoms with van der Waals surface area (Å²) in [6.07, 6.45) is -0.566. The van der Waals surface area contributed by atoms with Gasteiger partial charge in [0.05, 0.1) is 0 Å². The average Bonchev–Trinajstić information content (AvgIpc) is 2.56. The predicted molar refractivity (Wildman–Crippen MR) is 93.8 cm³/mol. The molecule has 0 bridgehead atoms. The Morgan fingerprint density at radius 3 is 2.39 bits per heavy atom. The highest BCUT2D eigenvalue weighted by molar-refractivity contribution is 5.96. The maximum Gasteiger partial charge on any atom is 0.265 e. The van der Waals surface area contributed by atoms with E-state index in [4.69, 9.17) is 4.74 Å². The van der Waals surface area contributed by atoms with E-state index in [9.17, 15) is 4.79 Å². The lowest BCUT2D eigenvalue weighted by molar-refractivity contribution is -0.122. The van der Waals surface area contributed by atoms with E-state index in [2.05, 4.69) is 5.32 Å². The van der Waals surface area contributed by atoms with Crippen molar-refractivity contribution in [3.05, 3.63) is 72.3 Å². The molecule has 23 heavy (non-hydrogen) atoms. The second-order valence-corrected chi connectivity index (χ2v) is 5.62. The van der Waals surface area contributed by atoms with Crippen molar-refractivity contribution in [1.82, 2.24) is 0 Å². The Bertz CT molecular complexity index is 824. The van der Waals surface area contributed by atoms with Crippen molar-refractivity contribution in [3.63, 3.8) is 0 Å². The van der Waals surface area contributed by atoms with Gasteiger partial charge in [-0.3, -0.25) is 4.79 Å². The zero-order valence-electron chi connectivity index (χ0n) is 13.2. The Morgan fingerprint density at radius 2 is 1.65 bits per heavy atom. The molecule has 3 aromatic rings. The number of fused-ring (bicyclic) bond motifs is 1. The van der Waals surface area contributed by atoms with E-state index < -0.39 is 6.10 Å². The number of benzene rings is 3. The predicted octanol–water partition coefficient (Wildman–Crippen LogP) is 4.55. The van der Waals surface area contributed by atoms with E-state index in [1.165, 1.54) is 0 Å². The lowest BCUT2D eigenvalue weighted by Gasteiger charge is -2.15. The van der Waals surface area contributed by atoms with E-state index in [1.54, 1.807) is 6.92 Å². The van der Waals surface area contributed by atoms with Crippen LogP contribution in [-0.4, -0.2) is 12.0 Å². The second-order valence-electron chi connectivity index (χ2n) is 5.62. The van der Waals surface area contributed by atoms with Crippen molar-refractivity contribution in [2.75, 3.05) is 5.32 Å². The molecule has 0 saturated heterocycles. The molecule has 0 aliphatic rings. The maximum absolute atomic E-state index is 12.3. The van der Waals surface area contributed by atoms with Crippen LogP contribution in [0.3, 0.4) is 0 Å². The summed E-state index contributed by atoms with van der Waals surface area (Å²) in [4.78, 5) is 12.3. The Hall–Kier alpha value is -2.81. The van der Waals surface area contributed by atoms with E-state index in [1.807, 2.05) is 73.7 Å². The first-order chi connectivity index (χ1) is 11.1. The normalized spacial score (nSPS) is 11.9. The Labute approximate surface area is 135 Å². The molecule has 1 N–H and O–H groups in total. The van der Waals surface area contributed by atoms with Gasteiger partial charge >= 0.3 is 0 Å². The maximum atomic E-state index is 12.3. The van der Waals surface area contributed by atoms with Gasteiger partial charge in [-0.25, -0.2) is 0 Å². The Kier molecular flexibility index (Phi) is 4.29. The van der Waals surface area contributed by atoms with Crippen molar-refractivity contribution in [2.24, 2.45) is 0 Å². The van der Waals surface area contributed by atoms with Gasteiger partial charge in [0, 0.05) is 5.69 Å². The SMILES string of the molecule is Cc1ccc(O[C@H](C)C(=O)Nc2ccc3ccccc3c2)cc1. The molecule has 0 aromatic heterocycles. The van der Waals surface area contributed by atoms with Gasteiger partial charge in [0.2, 0.25) is 0 Å². The van der Waals surface area contributed by atoms with Crippen LogP contribution in [0, 0.1) is 6.92 Å². The van der Waals surface area contributed by atoms with E-state index >= 15 is 0 Å². The minimum atomic E-state index is -0.566. The fraction of sp³-hybridized carbons (Fsp3) is 0.150. The number of hydrogen-bond donors (Lipinski definition) is 1. The van der Waals surface area contributed by atoms with Crippen molar-refractivity contribution in [1.29, 1.82) is 0 Å². The summed E-state index contributed by atoms with van der Waals surface area (Å²) in [6.45, 7) is 3.76. The molecule has 3 rings (SSSR count). The number of carbonyl (C=O) groups excluding carboxylic acids is 1. The minimum Gasteiger partial charge on any atom is -0.481 e. The molecule has 3 nitrogen and oxygen atoms in total. The van der Waals surface area contributed by atoms with Crippen molar-refractivity contribution in [2.45, 2.75) is 20.0 Å². The molecule has 0 aliphatic carbocycles. The number of nitrogens with one attached hydrogen (secondary N) is 1. The molecule has 0 fully saturated rings. The van der Waals surface area contributed by atoms with Gasteiger partial charge in [-0.15, -0.1) is 0 Å². The number of ether oxygens (including phenoxy) is 1. The van der Waals surface area contributed by atoms with Crippen LogP contribution in [0.15, 0.2) is 66.7 Å². The third-order valence-corrected chi connectivity index (χ3v) is 3.72. The molecule has 3 heteroatoms.